The number of allylic oxidation sites excluding steroid dienone is 10. The molecule has 0 aromatic rings. The number of ether oxygens (including phenoxy) is 2. The van der Waals surface area contributed by atoms with Crippen molar-refractivity contribution in [2.24, 2.45) is 0 Å². The Bertz CT molecular complexity index is 1320. The van der Waals surface area contributed by atoms with E-state index in [1.54, 1.807) is 0 Å². The first kappa shape index (κ1) is 62.1. The zero-order valence-electron chi connectivity index (χ0n) is 41.2. The van der Waals surface area contributed by atoms with Gasteiger partial charge in [-0.15, -0.1) is 0 Å². The molecule has 0 heterocycles. The molecule has 1 rings (SSSR count). The first-order chi connectivity index (χ1) is 32.0. The molecule has 1 saturated carbocycles. The van der Waals surface area contributed by atoms with Crippen LogP contribution in [0.2, 0.25) is 0 Å². The first-order valence-electron chi connectivity index (χ1n) is 26.1. The van der Waals surface area contributed by atoms with E-state index in [9.17, 15) is 39.8 Å². The Morgan fingerprint density at radius 3 is 1.36 bits per heavy atom. The van der Waals surface area contributed by atoms with Crippen LogP contribution in [-0.4, -0.2) is 98.9 Å². The normalized spacial score (nSPS) is 21.9. The Morgan fingerprint density at radius 2 is 0.894 bits per heavy atom. The standard InChI is InChI=1S/C53H95O12P/c1-3-5-7-9-11-13-15-17-19-21-22-23-24-25-27-29-31-33-35-37-39-41-43-62-44-46(45-63-66(60,61)65-53-51(58)49(56)48(55)50(57)52(53)59)64-47(54)42-40-38-36-34-32-30-28-26-20-18-16-14-12-10-8-6-4-2/h5,7,11,13,17,19,22-23,25,27,46,48-53,55-59H,3-4,6,8-10,12,14-16,18,20-21,24,26,28-45H2,1-2H3,(H,60,61)/b7-5-,13-11-,19-17-,23-22-,27-25-. The van der Waals surface area contributed by atoms with E-state index in [-0.39, 0.29) is 13.0 Å². The molecule has 0 aliphatic heterocycles. The van der Waals surface area contributed by atoms with Crippen molar-refractivity contribution in [3.8, 4) is 0 Å². The predicted octanol–water partition coefficient (Wildman–Crippen LogP) is 11.8. The van der Waals surface area contributed by atoms with Crippen LogP contribution in [0.3, 0.4) is 0 Å². The smallest absolute Gasteiger partial charge is 0.457 e. The highest BCUT2D eigenvalue weighted by Gasteiger charge is 2.51. The summed E-state index contributed by atoms with van der Waals surface area (Å²) in [6.07, 6.45) is 42.8. The van der Waals surface area contributed by atoms with Gasteiger partial charge in [-0.05, 0) is 57.8 Å². The Balaban J connectivity index is 2.35. The lowest BCUT2D eigenvalue weighted by Crippen LogP contribution is -2.64. The minimum absolute atomic E-state index is 0.0870. The second kappa shape index (κ2) is 43.1. The molecule has 0 aromatic heterocycles. The molecule has 1 aliphatic carbocycles. The average molecular weight is 955 g/mol. The van der Waals surface area contributed by atoms with E-state index >= 15 is 0 Å². The lowest BCUT2D eigenvalue weighted by molar-refractivity contribution is -0.220. The predicted molar refractivity (Wildman–Crippen MR) is 267 cm³/mol. The molecule has 1 fully saturated rings. The molecule has 1 aliphatic rings. The van der Waals surface area contributed by atoms with E-state index in [0.717, 1.165) is 96.3 Å². The maximum atomic E-state index is 12.9. The first-order valence-corrected chi connectivity index (χ1v) is 27.6. The molecule has 0 radical (unpaired) electrons. The van der Waals surface area contributed by atoms with Gasteiger partial charge in [0.1, 0.15) is 42.7 Å². The zero-order valence-corrected chi connectivity index (χ0v) is 42.1. The number of phosphoric acid groups is 1. The zero-order chi connectivity index (χ0) is 48.4. The molecule has 6 atom stereocenters. The van der Waals surface area contributed by atoms with E-state index in [2.05, 4.69) is 74.6 Å². The monoisotopic (exact) mass is 955 g/mol. The van der Waals surface area contributed by atoms with Crippen molar-refractivity contribution in [1.82, 2.24) is 0 Å². The number of carbonyl (C=O) groups is 1. The van der Waals surface area contributed by atoms with Gasteiger partial charge in [-0.1, -0.05) is 203 Å². The summed E-state index contributed by atoms with van der Waals surface area (Å²) in [6, 6.07) is 0. The van der Waals surface area contributed by atoms with Gasteiger partial charge in [-0.2, -0.15) is 0 Å². The van der Waals surface area contributed by atoms with Crippen LogP contribution in [0.4, 0.5) is 0 Å². The van der Waals surface area contributed by atoms with E-state index in [4.69, 9.17) is 18.5 Å². The summed E-state index contributed by atoms with van der Waals surface area (Å²) in [6.45, 7) is 4.14. The fourth-order valence-electron chi connectivity index (χ4n) is 7.80. The average Bonchev–Trinajstić information content (AvgIpc) is 3.30. The Hall–Kier alpha value is -1.96. The van der Waals surface area contributed by atoms with Crippen LogP contribution in [-0.2, 0) is 27.9 Å². The van der Waals surface area contributed by atoms with E-state index in [1.807, 2.05) is 0 Å². The number of rotatable bonds is 44. The van der Waals surface area contributed by atoms with Crippen molar-refractivity contribution in [2.45, 2.75) is 249 Å². The lowest BCUT2D eigenvalue weighted by Gasteiger charge is -2.41. The maximum Gasteiger partial charge on any atom is 0.472 e. The molecule has 0 aromatic carbocycles. The van der Waals surface area contributed by atoms with E-state index in [0.29, 0.717) is 13.0 Å². The quantitative estimate of drug-likeness (QED) is 0.0147. The summed E-state index contributed by atoms with van der Waals surface area (Å²) in [5.41, 5.74) is 0. The Kier molecular flexibility index (Phi) is 40.5. The minimum atomic E-state index is -5.03. The molecule has 12 nitrogen and oxygen atoms in total. The van der Waals surface area contributed by atoms with E-state index in [1.165, 1.54) is 83.5 Å². The molecule has 0 bridgehead atoms. The third kappa shape index (κ3) is 34.3. The van der Waals surface area contributed by atoms with Gasteiger partial charge in [-0.25, -0.2) is 4.57 Å². The van der Waals surface area contributed by atoms with Gasteiger partial charge in [0.2, 0.25) is 0 Å². The molecule has 6 N–H and O–H groups in total. The van der Waals surface area contributed by atoms with E-state index < -0.39 is 63.1 Å². The molecule has 0 amide bonds. The number of carbonyl (C=O) groups excluding carboxylic acids is 1. The van der Waals surface area contributed by atoms with Crippen molar-refractivity contribution in [3.63, 3.8) is 0 Å². The summed E-state index contributed by atoms with van der Waals surface area (Å²) >= 11 is 0. The fraction of sp³-hybridized carbons (Fsp3) is 0.792. The number of phosphoric ester groups is 1. The van der Waals surface area contributed by atoms with Crippen LogP contribution < -0.4 is 0 Å². The second-order valence-electron chi connectivity index (χ2n) is 18.0. The highest BCUT2D eigenvalue weighted by Crippen LogP contribution is 2.47. The summed E-state index contributed by atoms with van der Waals surface area (Å²) in [5.74, 6) is -0.482. The SMILES string of the molecule is CC/C=C\C/C=C\C/C=C\C/C=C\C/C=C\CCCCCCCCOCC(COP(=O)(O)OC1C(O)C(O)C(O)C(O)C1O)OC(=O)CCCCCCCCCCCCCCCCCCC. The molecule has 0 saturated heterocycles. The van der Waals surface area contributed by atoms with Crippen LogP contribution >= 0.6 is 7.82 Å². The molecule has 384 valence electrons. The van der Waals surface area contributed by atoms with Crippen LogP contribution in [0, 0.1) is 0 Å². The van der Waals surface area contributed by atoms with Crippen LogP contribution in [0.25, 0.3) is 0 Å². The van der Waals surface area contributed by atoms with Crippen molar-refractivity contribution in [1.29, 1.82) is 0 Å². The van der Waals surface area contributed by atoms with Crippen molar-refractivity contribution < 1.29 is 58.3 Å². The van der Waals surface area contributed by atoms with Crippen molar-refractivity contribution in [3.05, 3.63) is 60.8 Å². The van der Waals surface area contributed by atoms with Gasteiger partial charge in [0.05, 0.1) is 13.2 Å². The highest BCUT2D eigenvalue weighted by molar-refractivity contribution is 7.47. The summed E-state index contributed by atoms with van der Waals surface area (Å²) in [7, 11) is -5.03. The number of aliphatic hydroxyl groups excluding tert-OH is 5. The molecule has 13 heteroatoms. The third-order valence-corrected chi connectivity index (χ3v) is 12.9. The molecule has 66 heavy (non-hydrogen) atoms. The van der Waals surface area contributed by atoms with Crippen LogP contribution in [0.1, 0.15) is 206 Å². The topological polar surface area (TPSA) is 192 Å². The van der Waals surface area contributed by atoms with Gasteiger partial charge < -0.3 is 39.9 Å². The molecule has 6 unspecified atom stereocenters. The number of aliphatic hydroxyl groups is 5. The minimum Gasteiger partial charge on any atom is -0.457 e. The Morgan fingerprint density at radius 1 is 0.500 bits per heavy atom. The van der Waals surface area contributed by atoms with Crippen LogP contribution in [0.15, 0.2) is 60.8 Å². The largest absolute Gasteiger partial charge is 0.472 e. The van der Waals surface area contributed by atoms with Crippen molar-refractivity contribution in [2.75, 3.05) is 19.8 Å². The lowest BCUT2D eigenvalue weighted by atomic mass is 9.85. The van der Waals surface area contributed by atoms with Gasteiger partial charge in [0.15, 0.2) is 0 Å². The molecule has 0 spiro atoms. The maximum absolute atomic E-state index is 12.9. The van der Waals surface area contributed by atoms with Gasteiger partial charge in [-0.3, -0.25) is 13.8 Å². The fourth-order valence-corrected chi connectivity index (χ4v) is 8.77. The van der Waals surface area contributed by atoms with Gasteiger partial charge in [0, 0.05) is 13.0 Å². The summed E-state index contributed by atoms with van der Waals surface area (Å²) < 4.78 is 34.3. The Labute approximate surface area is 400 Å². The number of hydrogen-bond acceptors (Lipinski definition) is 11. The summed E-state index contributed by atoms with van der Waals surface area (Å²) in [5, 5.41) is 50.3. The third-order valence-electron chi connectivity index (χ3n) is 11.9. The van der Waals surface area contributed by atoms with Crippen molar-refractivity contribution >= 4 is 13.8 Å². The van der Waals surface area contributed by atoms with Gasteiger partial charge >= 0.3 is 13.8 Å². The van der Waals surface area contributed by atoms with Crippen LogP contribution in [0.5, 0.6) is 0 Å². The molecular weight excluding hydrogens is 860 g/mol. The highest BCUT2D eigenvalue weighted by atomic mass is 31.2. The number of hydrogen-bond donors (Lipinski definition) is 6. The molecular formula is C53H95O12P. The second-order valence-corrected chi connectivity index (χ2v) is 19.4. The van der Waals surface area contributed by atoms with Gasteiger partial charge in [0.25, 0.3) is 0 Å². The summed E-state index contributed by atoms with van der Waals surface area (Å²) in [4.78, 5) is 23.2. The number of esters is 1. The number of unbranched alkanes of at least 4 members (excludes halogenated alkanes) is 22.